The molecule has 2 aromatic carbocycles. The van der Waals surface area contributed by atoms with Gasteiger partial charge in [-0.3, -0.25) is 9.59 Å². The first kappa shape index (κ1) is 69.2. The second kappa shape index (κ2) is 32.0. The minimum Gasteiger partial charge on any atom is -0.493 e. The van der Waals surface area contributed by atoms with Crippen molar-refractivity contribution in [1.82, 2.24) is 15.5 Å². The number of aliphatic hydroxyl groups is 4. The standard InChI is InChI=1S/C28H46N2O5.C22H37NO3.C11H19NO5.CH4/c1-27(2,3)19-35-25-12-6-5-11-22(25)28(33,13-7-8-15-34-4)21-10-9-14-30(18-21)26(32)20-16-23(29)24(31)17-20;1-21(2,3)17-26-20-12-6-5-11-19(20)22(24,13-7-8-15-25-4)18-10-9-14-23-16-18;1-11(2,3)17-10(16)12-7-4-6(9(14)15)5-8(7)13;/h5-6,11-12,20-21,23-24,31,33H,7-10,13-19,29H2,1-4H3;5-6,11-12,18,23-24H,7-10,13-17H2,1-4H3;6-8,13H,4-5H2,1-3H3,(H,12,16)(H,14,15);1H4/t20-,21+,23+,24-,28-;18-,22+;6-,7+,8-;/m010./s1. The Kier molecular flexibility index (Phi) is 28.0. The van der Waals surface area contributed by atoms with Crippen molar-refractivity contribution in [2.75, 3.05) is 66.8 Å². The number of carboxylic acid groups (broad SMARTS) is 1. The van der Waals surface area contributed by atoms with E-state index in [4.69, 9.17) is 34.5 Å². The summed E-state index contributed by atoms with van der Waals surface area (Å²) in [5.74, 6) is -0.105. The number of carbonyl (C=O) groups excluding carboxylic acids is 2. The summed E-state index contributed by atoms with van der Waals surface area (Å²) < 4.78 is 27.9. The monoisotopic (exact) mass is 1110 g/mol. The SMILES string of the molecule is C.CC(C)(C)OC(=O)N[C@@H]1C[C@H](C(=O)O)C[C@@H]1O.COCCCC[C@@](O)(c1ccccc1OCC(C)(C)C)[C@@H]1CCCN(C(=O)[C@H]2C[C@@H](N)[C@@H](O)C2)C1.COCCCC[C@@](O)(c1ccccc1OCC(C)(C)C)[C@@H]1CCCNC1. The van der Waals surface area contributed by atoms with Crippen LogP contribution in [0.25, 0.3) is 0 Å². The van der Waals surface area contributed by atoms with Gasteiger partial charge in [-0.1, -0.05) is 85.4 Å². The number of nitrogens with two attached hydrogens (primary N) is 1. The molecule has 0 aromatic heterocycles. The summed E-state index contributed by atoms with van der Waals surface area (Å²) in [5, 5.41) is 58.7. The third kappa shape index (κ3) is 22.3. The molecule has 0 spiro atoms. The molecule has 6 rings (SSSR count). The number of alkyl carbamates (subject to hydrolysis) is 1. The Morgan fingerprint density at radius 1 is 0.696 bits per heavy atom. The number of benzene rings is 2. The smallest absolute Gasteiger partial charge is 0.407 e. The van der Waals surface area contributed by atoms with Gasteiger partial charge in [-0.25, -0.2) is 4.79 Å². The number of likely N-dealkylation sites (tertiary alicyclic amines) is 1. The van der Waals surface area contributed by atoms with Crippen LogP contribution in [0.15, 0.2) is 48.5 Å². The predicted molar refractivity (Wildman–Crippen MR) is 310 cm³/mol. The van der Waals surface area contributed by atoms with Crippen molar-refractivity contribution in [2.24, 2.45) is 40.2 Å². The minimum absolute atomic E-state index is 0. The zero-order valence-electron chi connectivity index (χ0n) is 49.3. The minimum atomic E-state index is -1.12. The molecule has 17 nitrogen and oxygen atoms in total. The van der Waals surface area contributed by atoms with Crippen LogP contribution in [0, 0.1) is 34.5 Å². The second-order valence-electron chi connectivity index (χ2n) is 25.8. The van der Waals surface area contributed by atoms with E-state index in [1.807, 2.05) is 53.4 Å². The number of ether oxygens (including phenoxy) is 5. The van der Waals surface area contributed by atoms with E-state index >= 15 is 0 Å². The largest absolute Gasteiger partial charge is 0.493 e. The molecule has 2 aliphatic carbocycles. The van der Waals surface area contributed by atoms with E-state index in [0.29, 0.717) is 57.9 Å². The van der Waals surface area contributed by atoms with Gasteiger partial charge in [0.05, 0.1) is 48.6 Å². The van der Waals surface area contributed by atoms with Gasteiger partial charge in [0.25, 0.3) is 0 Å². The molecule has 2 amide bonds. The molecule has 2 aromatic rings. The maximum absolute atomic E-state index is 13.3. The molecular weight excluding hydrogens is 1010 g/mol. The number of carboxylic acids is 1. The Bertz CT molecular complexity index is 2110. The molecule has 17 heteroatoms. The molecule has 10 atom stereocenters. The van der Waals surface area contributed by atoms with Gasteiger partial charge >= 0.3 is 12.1 Å². The Morgan fingerprint density at radius 2 is 1.20 bits per heavy atom. The summed E-state index contributed by atoms with van der Waals surface area (Å²) in [6.07, 6.45) is 7.96. The highest BCUT2D eigenvalue weighted by Gasteiger charge is 2.46. The molecule has 4 aliphatic rings. The first-order valence-electron chi connectivity index (χ1n) is 28.8. The van der Waals surface area contributed by atoms with Crippen molar-refractivity contribution < 1.29 is 63.6 Å². The summed E-state index contributed by atoms with van der Waals surface area (Å²) in [4.78, 5) is 37.4. The molecule has 2 heterocycles. The van der Waals surface area contributed by atoms with Crippen molar-refractivity contribution >= 4 is 18.0 Å². The number of amides is 2. The fourth-order valence-electron chi connectivity index (χ4n) is 11.1. The zero-order valence-corrected chi connectivity index (χ0v) is 49.3. The predicted octanol–water partition coefficient (Wildman–Crippen LogP) is 8.94. The first-order chi connectivity index (χ1) is 36.6. The molecular formula is C62H106N4O13. The van der Waals surface area contributed by atoms with E-state index < -0.39 is 53.0 Å². The lowest BCUT2D eigenvalue weighted by Crippen LogP contribution is -2.49. The fraction of sp³-hybridized carbons (Fsp3) is 0.758. The average Bonchev–Trinajstić information content (AvgIpc) is 3.93. The number of piperidine rings is 2. The highest BCUT2D eigenvalue weighted by Crippen LogP contribution is 2.45. The Balaban J connectivity index is 0.000000329. The maximum atomic E-state index is 13.3. The molecule has 2 saturated heterocycles. The van der Waals surface area contributed by atoms with E-state index in [2.05, 4.69) is 52.2 Å². The van der Waals surface area contributed by atoms with Gasteiger partial charge in [-0.2, -0.15) is 0 Å². The lowest BCUT2D eigenvalue weighted by atomic mass is 9.73. The highest BCUT2D eigenvalue weighted by atomic mass is 16.6. The molecule has 4 fully saturated rings. The third-order valence-electron chi connectivity index (χ3n) is 15.2. The van der Waals surface area contributed by atoms with Crippen LogP contribution in [-0.4, -0.2) is 145 Å². The van der Waals surface area contributed by atoms with Crippen molar-refractivity contribution in [3.63, 3.8) is 0 Å². The molecule has 2 saturated carbocycles. The number of unbranched alkanes of at least 4 members (excludes halogenated alkanes) is 2. The number of carbonyl (C=O) groups is 3. The third-order valence-corrected chi connectivity index (χ3v) is 15.2. The first-order valence-corrected chi connectivity index (χ1v) is 28.8. The number of aliphatic carboxylic acids is 1. The quantitative estimate of drug-likeness (QED) is 0.0543. The van der Waals surface area contributed by atoms with Crippen LogP contribution in [0.4, 0.5) is 4.79 Å². The van der Waals surface area contributed by atoms with Crippen LogP contribution >= 0.6 is 0 Å². The summed E-state index contributed by atoms with van der Waals surface area (Å²) in [6.45, 7) is 23.7. The number of para-hydroxylation sites is 2. The maximum Gasteiger partial charge on any atom is 0.407 e. The molecule has 0 bridgehead atoms. The van der Waals surface area contributed by atoms with E-state index in [1.165, 1.54) is 0 Å². The molecule has 2 aliphatic heterocycles. The van der Waals surface area contributed by atoms with Gasteiger partial charge in [-0.15, -0.1) is 0 Å². The van der Waals surface area contributed by atoms with Gasteiger partial charge in [0.1, 0.15) is 17.1 Å². The van der Waals surface area contributed by atoms with Crippen LogP contribution in [0.5, 0.6) is 11.5 Å². The summed E-state index contributed by atoms with van der Waals surface area (Å²) in [5.41, 5.74) is 5.20. The number of hydrogen-bond donors (Lipinski definition) is 8. The van der Waals surface area contributed by atoms with Gasteiger partial charge in [0, 0.05) is 82.0 Å². The molecule has 0 radical (unpaired) electrons. The number of aliphatic hydroxyl groups excluding tert-OH is 2. The lowest BCUT2D eigenvalue weighted by molar-refractivity contribution is -0.142. The number of nitrogens with zero attached hydrogens (tertiary/aromatic N) is 1. The van der Waals surface area contributed by atoms with Crippen molar-refractivity contribution in [3.05, 3.63) is 59.7 Å². The van der Waals surface area contributed by atoms with Gasteiger partial charge in [0.15, 0.2) is 0 Å². The van der Waals surface area contributed by atoms with E-state index in [9.17, 15) is 34.8 Å². The number of nitrogens with one attached hydrogen (secondary N) is 2. The zero-order chi connectivity index (χ0) is 57.9. The lowest BCUT2D eigenvalue weighted by Gasteiger charge is -2.44. The van der Waals surface area contributed by atoms with Crippen molar-refractivity contribution in [3.8, 4) is 11.5 Å². The second-order valence-corrected chi connectivity index (χ2v) is 25.8. The number of methoxy groups -OCH3 is 2. The van der Waals surface area contributed by atoms with E-state index in [-0.39, 0.29) is 60.8 Å². The number of rotatable bonds is 21. The van der Waals surface area contributed by atoms with Gasteiger partial charge in [-0.05, 0) is 140 Å². The van der Waals surface area contributed by atoms with Gasteiger partial charge < -0.3 is 70.5 Å². The van der Waals surface area contributed by atoms with Crippen LogP contribution in [-0.2, 0) is 35.0 Å². The Hall–Kier alpha value is -4.07. The fourth-order valence-corrected chi connectivity index (χ4v) is 11.1. The summed E-state index contributed by atoms with van der Waals surface area (Å²) in [7, 11) is 3.42. The molecule has 452 valence electrons. The number of hydrogen-bond acceptors (Lipinski definition) is 14. The summed E-state index contributed by atoms with van der Waals surface area (Å²) in [6, 6.07) is 15.0. The van der Waals surface area contributed by atoms with Crippen LogP contribution in [0.1, 0.15) is 171 Å². The average molecular weight is 1120 g/mol. The van der Waals surface area contributed by atoms with Crippen molar-refractivity contribution in [1.29, 1.82) is 0 Å². The van der Waals surface area contributed by atoms with Crippen LogP contribution < -0.4 is 25.8 Å². The molecule has 0 unspecified atom stereocenters. The Morgan fingerprint density at radius 3 is 1.65 bits per heavy atom. The van der Waals surface area contributed by atoms with Crippen LogP contribution in [0.2, 0.25) is 0 Å². The Labute approximate surface area is 474 Å². The topological polar surface area (TPSA) is 252 Å². The molecule has 9 N–H and O–H groups in total. The van der Waals surface area contributed by atoms with E-state index in [1.54, 1.807) is 35.0 Å². The normalized spacial score (nSPS) is 24.9. The highest BCUT2D eigenvalue weighted by molar-refractivity contribution is 5.79. The van der Waals surface area contributed by atoms with Gasteiger partial charge in [0.2, 0.25) is 5.91 Å². The summed E-state index contributed by atoms with van der Waals surface area (Å²) >= 11 is 0. The van der Waals surface area contributed by atoms with Crippen molar-refractivity contribution in [2.45, 2.75) is 201 Å². The van der Waals surface area contributed by atoms with Crippen LogP contribution in [0.3, 0.4) is 0 Å². The van der Waals surface area contributed by atoms with E-state index in [0.717, 1.165) is 94.4 Å². The molecule has 79 heavy (non-hydrogen) atoms.